The van der Waals surface area contributed by atoms with Crippen LogP contribution < -0.4 is 5.32 Å². The molecule has 1 aromatic rings. The van der Waals surface area contributed by atoms with E-state index in [1.165, 1.54) is 12.1 Å². The van der Waals surface area contributed by atoms with E-state index < -0.39 is 13.0 Å². The second kappa shape index (κ2) is 7.38. The van der Waals surface area contributed by atoms with Crippen LogP contribution in [0.3, 0.4) is 0 Å². The molecule has 0 aliphatic rings. The van der Waals surface area contributed by atoms with Gasteiger partial charge in [-0.05, 0) is 43.7 Å². The van der Waals surface area contributed by atoms with Gasteiger partial charge < -0.3 is 10.1 Å². The van der Waals surface area contributed by atoms with Crippen LogP contribution in [0.1, 0.15) is 23.6 Å². The van der Waals surface area contributed by atoms with Gasteiger partial charge in [-0.2, -0.15) is 0 Å². The van der Waals surface area contributed by atoms with Gasteiger partial charge in [0.25, 0.3) is 6.43 Å². The molecule has 0 saturated heterocycles. The van der Waals surface area contributed by atoms with E-state index in [9.17, 15) is 13.2 Å². The van der Waals surface area contributed by atoms with Crippen LogP contribution in [0.2, 0.25) is 0 Å². The lowest BCUT2D eigenvalue weighted by Crippen LogP contribution is -2.20. The number of ether oxygens (including phenoxy) is 1. The first kappa shape index (κ1) is 15.0. The first-order chi connectivity index (χ1) is 8.54. The molecule has 1 atom stereocenters. The van der Waals surface area contributed by atoms with E-state index in [0.717, 1.165) is 11.1 Å². The van der Waals surface area contributed by atoms with Gasteiger partial charge in [0, 0.05) is 12.6 Å². The average Bonchev–Trinajstić information content (AvgIpc) is 2.30. The highest BCUT2D eigenvalue weighted by Gasteiger charge is 2.12. The minimum Gasteiger partial charge on any atom is -0.375 e. The third-order valence-corrected chi connectivity index (χ3v) is 2.75. The highest BCUT2D eigenvalue weighted by atomic mass is 19.3. The molecular formula is C13H18F3NO. The highest BCUT2D eigenvalue weighted by Crippen LogP contribution is 2.21. The fourth-order valence-corrected chi connectivity index (χ4v) is 1.86. The zero-order valence-corrected chi connectivity index (χ0v) is 10.6. The van der Waals surface area contributed by atoms with Gasteiger partial charge in [0.1, 0.15) is 12.4 Å². The van der Waals surface area contributed by atoms with Crippen molar-refractivity contribution in [2.75, 3.05) is 20.3 Å². The molecule has 2 nitrogen and oxygen atoms in total. The normalized spacial score (nSPS) is 13.0. The second-order valence-corrected chi connectivity index (χ2v) is 4.10. The molecular weight excluding hydrogens is 243 g/mol. The van der Waals surface area contributed by atoms with E-state index in [4.69, 9.17) is 4.74 Å². The molecule has 0 saturated carbocycles. The number of nitrogens with one attached hydrogen (secondary N) is 1. The van der Waals surface area contributed by atoms with Crippen molar-refractivity contribution in [2.24, 2.45) is 0 Å². The zero-order valence-electron chi connectivity index (χ0n) is 10.6. The third-order valence-electron chi connectivity index (χ3n) is 2.75. The van der Waals surface area contributed by atoms with Gasteiger partial charge in [-0.1, -0.05) is 6.07 Å². The summed E-state index contributed by atoms with van der Waals surface area (Å²) in [6, 6.07) is 4.54. The molecule has 5 heteroatoms. The summed E-state index contributed by atoms with van der Waals surface area (Å²) in [4.78, 5) is 0. The molecule has 0 heterocycles. The highest BCUT2D eigenvalue weighted by molar-refractivity contribution is 5.29. The minimum atomic E-state index is -2.44. The quantitative estimate of drug-likeness (QED) is 0.762. The largest absolute Gasteiger partial charge is 0.375 e. The summed E-state index contributed by atoms with van der Waals surface area (Å²) in [5.74, 6) is -0.278. The summed E-state index contributed by atoms with van der Waals surface area (Å²) in [5, 5.41) is 3.08. The van der Waals surface area contributed by atoms with Crippen LogP contribution in [0, 0.1) is 12.7 Å². The molecule has 0 radical (unpaired) electrons. The van der Waals surface area contributed by atoms with Crippen LogP contribution >= 0.6 is 0 Å². The molecule has 0 spiro atoms. The summed E-state index contributed by atoms with van der Waals surface area (Å²) in [6.07, 6.45) is -1.87. The number of hydrogen-bond donors (Lipinski definition) is 1. The second-order valence-electron chi connectivity index (χ2n) is 4.10. The summed E-state index contributed by atoms with van der Waals surface area (Å²) in [7, 11) is 1.78. The van der Waals surface area contributed by atoms with E-state index in [-0.39, 0.29) is 18.5 Å². The summed E-state index contributed by atoms with van der Waals surface area (Å²) in [6.45, 7) is 1.52. The van der Waals surface area contributed by atoms with Crippen LogP contribution in [0.5, 0.6) is 0 Å². The lowest BCUT2D eigenvalue weighted by molar-refractivity contribution is 0.0145. The SMILES string of the molecule is CNC(CCOCC(F)F)c1ccc(F)cc1C. The lowest BCUT2D eigenvalue weighted by atomic mass is 9.99. The summed E-state index contributed by atoms with van der Waals surface area (Å²) >= 11 is 0. The monoisotopic (exact) mass is 261 g/mol. The lowest BCUT2D eigenvalue weighted by Gasteiger charge is -2.19. The molecule has 1 N–H and O–H groups in total. The van der Waals surface area contributed by atoms with E-state index >= 15 is 0 Å². The van der Waals surface area contributed by atoms with Crippen LogP contribution in [-0.4, -0.2) is 26.7 Å². The Morgan fingerprint density at radius 1 is 1.33 bits per heavy atom. The molecule has 0 fully saturated rings. The molecule has 18 heavy (non-hydrogen) atoms. The molecule has 102 valence electrons. The van der Waals surface area contributed by atoms with Crippen LogP contribution in [0.25, 0.3) is 0 Å². The maximum atomic E-state index is 13.0. The Bertz CT molecular complexity index is 371. The maximum absolute atomic E-state index is 13.0. The van der Waals surface area contributed by atoms with Crippen molar-refractivity contribution >= 4 is 0 Å². The van der Waals surface area contributed by atoms with Gasteiger partial charge in [-0.15, -0.1) is 0 Å². The summed E-state index contributed by atoms with van der Waals surface area (Å²) in [5.41, 5.74) is 1.79. The van der Waals surface area contributed by atoms with Crippen LogP contribution in [-0.2, 0) is 4.74 Å². The molecule has 0 bridgehead atoms. The van der Waals surface area contributed by atoms with Gasteiger partial charge in [-0.3, -0.25) is 0 Å². The van der Waals surface area contributed by atoms with Gasteiger partial charge in [-0.25, -0.2) is 13.2 Å². The number of halogens is 3. The Morgan fingerprint density at radius 2 is 2.06 bits per heavy atom. The standard InChI is InChI=1S/C13H18F3NO/c1-9-7-10(14)3-4-11(9)12(17-2)5-6-18-8-13(15)16/h3-4,7,12-13,17H,5-6,8H2,1-2H3. The molecule has 1 aromatic carbocycles. The van der Waals surface area contributed by atoms with Crippen LogP contribution in [0.4, 0.5) is 13.2 Å². The van der Waals surface area contributed by atoms with Gasteiger partial charge in [0.05, 0.1) is 0 Å². The smallest absolute Gasteiger partial charge is 0.261 e. The summed E-state index contributed by atoms with van der Waals surface area (Å²) < 4.78 is 41.6. The minimum absolute atomic E-state index is 0.0247. The van der Waals surface area contributed by atoms with E-state index in [2.05, 4.69) is 5.32 Å². The van der Waals surface area contributed by atoms with E-state index in [0.29, 0.717) is 6.42 Å². The van der Waals surface area contributed by atoms with Crippen molar-refractivity contribution in [1.82, 2.24) is 5.32 Å². The zero-order chi connectivity index (χ0) is 13.5. The first-order valence-electron chi connectivity index (χ1n) is 5.83. The Morgan fingerprint density at radius 3 is 2.61 bits per heavy atom. The number of benzene rings is 1. The number of aryl methyl sites for hydroxylation is 1. The van der Waals surface area contributed by atoms with Gasteiger partial charge in [0.2, 0.25) is 0 Å². The van der Waals surface area contributed by atoms with E-state index in [1.54, 1.807) is 13.1 Å². The Hall–Kier alpha value is -1.07. The fourth-order valence-electron chi connectivity index (χ4n) is 1.86. The number of alkyl halides is 2. The third kappa shape index (κ3) is 4.66. The molecule has 1 unspecified atom stereocenters. The number of hydrogen-bond acceptors (Lipinski definition) is 2. The Kier molecular flexibility index (Phi) is 6.15. The van der Waals surface area contributed by atoms with Crippen molar-refractivity contribution in [3.63, 3.8) is 0 Å². The maximum Gasteiger partial charge on any atom is 0.261 e. The molecule has 1 rings (SSSR count). The van der Waals surface area contributed by atoms with Crippen molar-refractivity contribution in [3.8, 4) is 0 Å². The molecule has 0 amide bonds. The van der Waals surface area contributed by atoms with Gasteiger partial charge in [0.15, 0.2) is 0 Å². The Labute approximate surface area is 105 Å². The van der Waals surface area contributed by atoms with Crippen molar-refractivity contribution in [1.29, 1.82) is 0 Å². The molecule has 0 aromatic heterocycles. The van der Waals surface area contributed by atoms with Crippen molar-refractivity contribution in [2.45, 2.75) is 25.8 Å². The predicted octanol–water partition coefficient (Wildman–Crippen LogP) is 3.07. The topological polar surface area (TPSA) is 21.3 Å². The van der Waals surface area contributed by atoms with Gasteiger partial charge >= 0.3 is 0 Å². The van der Waals surface area contributed by atoms with Crippen molar-refractivity contribution < 1.29 is 17.9 Å². The molecule has 0 aliphatic carbocycles. The predicted molar refractivity (Wildman–Crippen MR) is 64.4 cm³/mol. The van der Waals surface area contributed by atoms with E-state index in [1.807, 2.05) is 6.92 Å². The van der Waals surface area contributed by atoms with Crippen molar-refractivity contribution in [3.05, 3.63) is 35.1 Å². The first-order valence-corrected chi connectivity index (χ1v) is 5.83. The fraction of sp³-hybridized carbons (Fsp3) is 0.538. The molecule has 0 aliphatic heterocycles. The van der Waals surface area contributed by atoms with Crippen LogP contribution in [0.15, 0.2) is 18.2 Å². The Balaban J connectivity index is 2.54. The average molecular weight is 261 g/mol. The number of rotatable bonds is 7.